The van der Waals surface area contributed by atoms with Crippen LogP contribution in [-0.2, 0) is 10.0 Å². The molecule has 8 nitrogen and oxygen atoms in total. The van der Waals surface area contributed by atoms with E-state index < -0.39 is 10.0 Å². The molecule has 0 saturated heterocycles. The summed E-state index contributed by atoms with van der Waals surface area (Å²) in [4.78, 5) is 10.5. The van der Waals surface area contributed by atoms with Gasteiger partial charge in [-0.2, -0.15) is 4.98 Å². The highest BCUT2D eigenvalue weighted by molar-refractivity contribution is 7.89. The van der Waals surface area contributed by atoms with E-state index in [2.05, 4.69) is 20.2 Å². The number of aromatic nitrogens is 2. The Morgan fingerprint density at radius 1 is 0.933 bits per heavy atom. The van der Waals surface area contributed by atoms with Gasteiger partial charge in [-0.1, -0.05) is 54.1 Å². The van der Waals surface area contributed by atoms with E-state index in [0.29, 0.717) is 5.75 Å². The molecule has 0 bridgehead atoms. The van der Waals surface area contributed by atoms with Gasteiger partial charge >= 0.3 is 0 Å². The maximum Gasteiger partial charge on any atom is 0.257 e. The summed E-state index contributed by atoms with van der Waals surface area (Å²) in [5.74, 6) is 0.763. The molecule has 9 heteroatoms. The minimum atomic E-state index is -3.81. The Hall–Kier alpha value is -3.69. The van der Waals surface area contributed by atoms with Crippen molar-refractivity contribution in [2.45, 2.75) is 11.8 Å². The molecule has 4 N–H and O–H groups in total. The van der Waals surface area contributed by atoms with Crippen molar-refractivity contribution in [3.63, 3.8) is 0 Å². The monoisotopic (exact) mass is 421 g/mol. The number of hydrogen-bond donors (Lipinski definition) is 3. The average Bonchev–Trinajstić information content (AvgIpc) is 2.75. The van der Waals surface area contributed by atoms with Crippen LogP contribution < -0.4 is 20.7 Å². The lowest BCUT2D eigenvalue weighted by Crippen LogP contribution is -2.30. The van der Waals surface area contributed by atoms with Crippen LogP contribution in [0, 0.1) is 6.92 Å². The maximum atomic E-state index is 12.5. The molecule has 1 heterocycles. The summed E-state index contributed by atoms with van der Waals surface area (Å²) in [6.45, 7) is 1.88. The summed E-state index contributed by atoms with van der Waals surface area (Å²) < 4.78 is 30.8. The normalized spacial score (nSPS) is 11.4. The van der Waals surface area contributed by atoms with E-state index in [1.54, 1.807) is 18.2 Å². The van der Waals surface area contributed by atoms with Crippen molar-refractivity contribution in [1.29, 1.82) is 0 Å². The van der Waals surface area contributed by atoms with Crippen molar-refractivity contribution in [3.05, 3.63) is 78.6 Å². The van der Waals surface area contributed by atoms with Gasteiger partial charge in [0, 0.05) is 5.39 Å². The van der Waals surface area contributed by atoms with Crippen LogP contribution in [0.4, 0.5) is 11.5 Å². The van der Waals surface area contributed by atoms with Gasteiger partial charge < -0.3 is 10.5 Å². The highest BCUT2D eigenvalue weighted by Gasteiger charge is 2.16. The van der Waals surface area contributed by atoms with Crippen molar-refractivity contribution in [3.8, 4) is 11.6 Å². The van der Waals surface area contributed by atoms with Crippen LogP contribution >= 0.6 is 0 Å². The number of rotatable bonds is 6. The molecule has 0 aliphatic heterocycles. The number of hydrogen-bond acceptors (Lipinski definition) is 7. The van der Waals surface area contributed by atoms with Crippen LogP contribution in [0.15, 0.2) is 78.0 Å². The smallest absolute Gasteiger partial charge is 0.257 e. The lowest BCUT2D eigenvalue weighted by molar-refractivity contribution is 0.469. The topological polar surface area (TPSA) is 119 Å². The van der Waals surface area contributed by atoms with Crippen LogP contribution in [0.2, 0.25) is 0 Å². The van der Waals surface area contributed by atoms with E-state index in [9.17, 15) is 8.42 Å². The predicted octanol–water partition coefficient (Wildman–Crippen LogP) is 3.62. The quantitative estimate of drug-likeness (QED) is 0.407. The molecule has 3 aromatic carbocycles. The second-order valence-corrected chi connectivity index (χ2v) is 8.25. The zero-order chi connectivity index (χ0) is 21.1. The molecule has 0 spiro atoms. The molecular formula is C21H19N5O3S. The number of aryl methyl sites for hydroxylation is 1. The number of fused-ring (bicyclic) bond motifs is 1. The molecule has 0 atom stereocenters. The van der Waals surface area contributed by atoms with Gasteiger partial charge in [-0.05, 0) is 30.5 Å². The highest BCUT2D eigenvalue weighted by atomic mass is 32.2. The van der Waals surface area contributed by atoms with Gasteiger partial charge in [-0.15, -0.1) is 4.83 Å². The number of nitrogens with one attached hydrogen (secondary N) is 2. The third-order valence-corrected chi connectivity index (χ3v) is 5.70. The number of nitrogens with two attached hydrogens (primary N) is 1. The molecular weight excluding hydrogens is 402 g/mol. The number of nitrogen functional groups attached to an aromatic ring is 1. The summed E-state index contributed by atoms with van der Waals surface area (Å²) in [6.07, 6.45) is 1.24. The summed E-state index contributed by atoms with van der Waals surface area (Å²) >= 11 is 0. The van der Waals surface area contributed by atoms with Crippen LogP contribution in [0.25, 0.3) is 10.8 Å². The van der Waals surface area contributed by atoms with Gasteiger partial charge in [-0.25, -0.2) is 13.4 Å². The summed E-state index contributed by atoms with van der Waals surface area (Å²) in [5.41, 5.74) is 9.67. The lowest BCUT2D eigenvalue weighted by Gasteiger charge is -2.13. The number of nitrogens with zero attached hydrogens (tertiary/aromatic N) is 2. The van der Waals surface area contributed by atoms with Crippen molar-refractivity contribution in [2.75, 3.05) is 11.2 Å². The van der Waals surface area contributed by atoms with Gasteiger partial charge in [0.25, 0.3) is 10.0 Å². The Balaban J connectivity index is 1.56. The number of anilines is 2. The van der Waals surface area contributed by atoms with Gasteiger partial charge in [0.2, 0.25) is 5.88 Å². The average molecular weight is 421 g/mol. The number of benzene rings is 3. The predicted molar refractivity (Wildman–Crippen MR) is 116 cm³/mol. The van der Waals surface area contributed by atoms with E-state index in [1.165, 1.54) is 18.5 Å². The molecule has 0 aliphatic carbocycles. The van der Waals surface area contributed by atoms with Crippen molar-refractivity contribution in [1.82, 2.24) is 14.8 Å². The zero-order valence-corrected chi connectivity index (χ0v) is 16.8. The van der Waals surface area contributed by atoms with E-state index >= 15 is 0 Å². The molecule has 0 fully saturated rings. The largest absolute Gasteiger partial charge is 0.436 e. The molecule has 4 aromatic rings. The zero-order valence-electron chi connectivity index (χ0n) is 16.0. The van der Waals surface area contributed by atoms with Crippen LogP contribution in [-0.4, -0.2) is 18.4 Å². The molecule has 4 rings (SSSR count). The second kappa shape index (κ2) is 7.97. The maximum absolute atomic E-state index is 12.5. The second-order valence-electron chi connectivity index (χ2n) is 6.56. The molecule has 0 saturated carbocycles. The van der Waals surface area contributed by atoms with Gasteiger partial charge in [0.05, 0.1) is 4.90 Å². The Morgan fingerprint density at radius 2 is 1.67 bits per heavy atom. The van der Waals surface area contributed by atoms with Gasteiger partial charge in [0.1, 0.15) is 17.8 Å². The van der Waals surface area contributed by atoms with Crippen LogP contribution in [0.3, 0.4) is 0 Å². The Bertz CT molecular complexity index is 1300. The Kier molecular flexibility index (Phi) is 5.21. The van der Waals surface area contributed by atoms with Crippen LogP contribution in [0.1, 0.15) is 5.56 Å². The van der Waals surface area contributed by atoms with E-state index in [-0.39, 0.29) is 22.3 Å². The standard InChI is InChI=1S/C21H19N5O3S/c1-14-9-11-16(12-10-14)30(27,28)26-25-20-19(22)21(24-13-23-20)29-18-8-4-6-15-5-2-3-7-17(15)18/h2-13,26H,22H2,1H3,(H,23,24,25). The fourth-order valence-corrected chi connectivity index (χ4v) is 3.68. The third-order valence-electron chi connectivity index (χ3n) is 4.44. The molecule has 0 radical (unpaired) electrons. The van der Waals surface area contributed by atoms with E-state index in [4.69, 9.17) is 10.5 Å². The molecule has 0 aliphatic rings. The first-order chi connectivity index (χ1) is 14.4. The SMILES string of the molecule is Cc1ccc(S(=O)(=O)NNc2ncnc(Oc3cccc4ccccc34)c2N)cc1. The van der Waals surface area contributed by atoms with E-state index in [0.717, 1.165) is 16.3 Å². The lowest BCUT2D eigenvalue weighted by atomic mass is 10.1. The highest BCUT2D eigenvalue weighted by Crippen LogP contribution is 2.33. The minimum Gasteiger partial charge on any atom is -0.436 e. The molecule has 152 valence electrons. The van der Waals surface area contributed by atoms with Gasteiger partial charge in [-0.3, -0.25) is 5.43 Å². The first-order valence-electron chi connectivity index (χ1n) is 9.04. The summed E-state index contributed by atoms with van der Waals surface area (Å²) in [5, 5.41) is 1.90. The molecule has 1 aromatic heterocycles. The Labute approximate surface area is 173 Å². The summed E-state index contributed by atoms with van der Waals surface area (Å²) in [7, 11) is -3.81. The van der Waals surface area contributed by atoms with Crippen molar-refractivity contribution < 1.29 is 13.2 Å². The first kappa shape index (κ1) is 19.6. The Morgan fingerprint density at radius 3 is 2.47 bits per heavy atom. The molecule has 0 unspecified atom stereocenters. The first-order valence-corrected chi connectivity index (χ1v) is 10.5. The number of sulfonamides is 1. The molecule has 0 amide bonds. The fraction of sp³-hybridized carbons (Fsp3) is 0.0476. The van der Waals surface area contributed by atoms with Crippen molar-refractivity contribution >= 4 is 32.3 Å². The van der Waals surface area contributed by atoms with Gasteiger partial charge in [0.15, 0.2) is 5.82 Å². The third kappa shape index (κ3) is 4.02. The van der Waals surface area contributed by atoms with Crippen LogP contribution in [0.5, 0.6) is 11.6 Å². The minimum absolute atomic E-state index is 0.0667. The van der Waals surface area contributed by atoms with E-state index in [1.807, 2.05) is 43.3 Å². The fourth-order valence-electron chi connectivity index (χ4n) is 2.84. The number of ether oxygens (including phenoxy) is 1. The molecule has 30 heavy (non-hydrogen) atoms. The van der Waals surface area contributed by atoms with Crippen molar-refractivity contribution in [2.24, 2.45) is 0 Å². The number of hydrazine groups is 1. The summed E-state index contributed by atoms with van der Waals surface area (Å²) in [6, 6.07) is 19.8.